The second kappa shape index (κ2) is 17.9. The first-order valence-electron chi connectivity index (χ1n) is 15.4. The summed E-state index contributed by atoms with van der Waals surface area (Å²) in [5.41, 5.74) is 1.56. The Morgan fingerprint density at radius 2 is 1.56 bits per heavy atom. The third kappa shape index (κ3) is 11.6. The summed E-state index contributed by atoms with van der Waals surface area (Å²) in [6, 6.07) is 16.1. The number of aryl methyl sites for hydroxylation is 1. The van der Waals surface area contributed by atoms with Crippen molar-refractivity contribution in [3.8, 4) is 5.75 Å². The van der Waals surface area contributed by atoms with Crippen LogP contribution in [0.5, 0.6) is 5.75 Å². The van der Waals surface area contributed by atoms with E-state index in [0.29, 0.717) is 30.0 Å². The van der Waals surface area contributed by atoms with E-state index in [4.69, 9.17) is 4.74 Å². The summed E-state index contributed by atoms with van der Waals surface area (Å²) in [6.45, 7) is 7.24. The second-order valence-corrected chi connectivity index (χ2v) is 11.1. The van der Waals surface area contributed by atoms with E-state index in [9.17, 15) is 28.3 Å². The number of ether oxygens (including phenoxy) is 1. The lowest BCUT2D eigenvalue weighted by Crippen LogP contribution is -2.46. The van der Waals surface area contributed by atoms with Crippen molar-refractivity contribution in [1.29, 1.82) is 0 Å². The van der Waals surface area contributed by atoms with Crippen molar-refractivity contribution in [1.82, 2.24) is 15.5 Å². The number of amides is 3. The van der Waals surface area contributed by atoms with E-state index >= 15 is 0 Å². The van der Waals surface area contributed by atoms with Crippen LogP contribution in [-0.2, 0) is 11.2 Å². The van der Waals surface area contributed by atoms with Crippen molar-refractivity contribution in [2.75, 3.05) is 26.2 Å². The Balaban J connectivity index is 1.69. The fraction of sp³-hybridized carbons (Fsp3) is 0.400. The molecule has 0 spiro atoms. The SMILES string of the molecule is CCCN(CCC)C(=O)c1cc(C)cc(C(=O)N[C@@H](Cc2cc(F)cc(F)c2)[C@@H](O)CCNC(=O)CCOc2ccccc2)c1. The summed E-state index contributed by atoms with van der Waals surface area (Å²) in [4.78, 5) is 40.8. The zero-order valence-corrected chi connectivity index (χ0v) is 26.2. The number of nitrogens with zero attached hydrogens (tertiary/aromatic N) is 1. The molecule has 0 aromatic heterocycles. The highest BCUT2D eigenvalue weighted by atomic mass is 19.1. The molecule has 0 unspecified atom stereocenters. The van der Waals surface area contributed by atoms with Crippen LogP contribution in [0.4, 0.5) is 8.78 Å². The number of hydrogen-bond acceptors (Lipinski definition) is 5. The summed E-state index contributed by atoms with van der Waals surface area (Å²) in [6.07, 6.45) is 0.528. The maximum atomic E-state index is 14.0. The average molecular weight is 624 g/mol. The van der Waals surface area contributed by atoms with E-state index in [1.165, 1.54) is 6.07 Å². The highest BCUT2D eigenvalue weighted by Gasteiger charge is 2.24. The molecule has 0 aliphatic rings. The van der Waals surface area contributed by atoms with Gasteiger partial charge in [0.2, 0.25) is 5.91 Å². The van der Waals surface area contributed by atoms with Gasteiger partial charge in [0, 0.05) is 36.8 Å². The lowest BCUT2D eigenvalue weighted by atomic mass is 9.97. The first kappa shape index (κ1) is 35.2. The number of nitrogens with one attached hydrogen (secondary N) is 2. The molecule has 0 radical (unpaired) electrons. The Hall–Kier alpha value is -4.31. The summed E-state index contributed by atoms with van der Waals surface area (Å²) >= 11 is 0. The molecular formula is C35H43F2N3O5. The Morgan fingerprint density at radius 3 is 2.20 bits per heavy atom. The van der Waals surface area contributed by atoms with E-state index in [0.717, 1.165) is 31.0 Å². The number of carbonyl (C=O) groups excluding carboxylic acids is 3. The van der Waals surface area contributed by atoms with Gasteiger partial charge in [0.25, 0.3) is 11.8 Å². The molecule has 3 amide bonds. The molecule has 8 nitrogen and oxygen atoms in total. The summed E-state index contributed by atoms with van der Waals surface area (Å²) in [5, 5.41) is 16.6. The van der Waals surface area contributed by atoms with Gasteiger partial charge in [-0.15, -0.1) is 0 Å². The lowest BCUT2D eigenvalue weighted by Gasteiger charge is -2.25. The van der Waals surface area contributed by atoms with Crippen LogP contribution in [0.15, 0.2) is 66.7 Å². The number of aliphatic hydroxyl groups is 1. The van der Waals surface area contributed by atoms with Gasteiger partial charge in [-0.1, -0.05) is 32.0 Å². The summed E-state index contributed by atoms with van der Waals surface area (Å²) in [5.74, 6) is -1.90. The van der Waals surface area contributed by atoms with Gasteiger partial charge in [-0.3, -0.25) is 14.4 Å². The van der Waals surface area contributed by atoms with Gasteiger partial charge < -0.3 is 25.4 Å². The molecule has 0 saturated carbocycles. The van der Waals surface area contributed by atoms with Crippen molar-refractivity contribution in [2.45, 2.75) is 65.0 Å². The van der Waals surface area contributed by atoms with Gasteiger partial charge in [0.05, 0.1) is 25.2 Å². The van der Waals surface area contributed by atoms with E-state index in [2.05, 4.69) is 10.6 Å². The minimum atomic E-state index is -1.17. The molecule has 0 aliphatic heterocycles. The number of aliphatic hydroxyl groups excluding tert-OH is 1. The van der Waals surface area contributed by atoms with Crippen LogP contribution in [0, 0.1) is 18.6 Å². The molecule has 0 heterocycles. The highest BCUT2D eigenvalue weighted by molar-refractivity contribution is 6.00. The summed E-state index contributed by atoms with van der Waals surface area (Å²) in [7, 11) is 0. The van der Waals surface area contributed by atoms with E-state index in [1.54, 1.807) is 36.1 Å². The molecule has 0 fully saturated rings. The normalized spacial score (nSPS) is 12.2. The minimum Gasteiger partial charge on any atom is -0.493 e. The topological polar surface area (TPSA) is 108 Å². The number of halogens is 2. The Labute approximate surface area is 263 Å². The highest BCUT2D eigenvalue weighted by Crippen LogP contribution is 2.17. The molecule has 3 N–H and O–H groups in total. The van der Waals surface area contributed by atoms with E-state index < -0.39 is 29.7 Å². The first-order valence-corrected chi connectivity index (χ1v) is 15.4. The van der Waals surface area contributed by atoms with Crippen molar-refractivity contribution in [2.24, 2.45) is 0 Å². The zero-order chi connectivity index (χ0) is 32.8. The standard InChI is InChI=1S/C35H43F2N3O5/c1-4-14-40(15-5-2)35(44)27-18-24(3)17-26(22-27)34(43)39-31(21-25-19-28(36)23-29(37)20-25)32(41)11-13-38-33(42)12-16-45-30-9-7-6-8-10-30/h6-10,17-20,22-23,31-32,41H,4-5,11-16,21H2,1-3H3,(H,38,42)(H,39,43)/t31-,32-/m0/s1. The van der Waals surface area contributed by atoms with Gasteiger partial charge in [0.1, 0.15) is 17.4 Å². The second-order valence-electron chi connectivity index (χ2n) is 11.1. The molecule has 2 atom stereocenters. The molecule has 0 bridgehead atoms. The van der Waals surface area contributed by atoms with Crippen LogP contribution >= 0.6 is 0 Å². The predicted molar refractivity (Wildman–Crippen MR) is 169 cm³/mol. The Kier molecular flexibility index (Phi) is 14.0. The molecule has 3 rings (SSSR count). The Bertz CT molecular complexity index is 1390. The fourth-order valence-electron chi connectivity index (χ4n) is 5.02. The molecule has 0 aliphatic carbocycles. The molecule has 3 aromatic carbocycles. The van der Waals surface area contributed by atoms with Crippen LogP contribution in [0.2, 0.25) is 0 Å². The first-order chi connectivity index (χ1) is 21.6. The van der Waals surface area contributed by atoms with E-state index in [-0.39, 0.29) is 55.4 Å². The van der Waals surface area contributed by atoms with Crippen LogP contribution in [0.1, 0.15) is 71.4 Å². The predicted octanol–water partition coefficient (Wildman–Crippen LogP) is 5.21. The monoisotopic (exact) mass is 623 g/mol. The molecular weight excluding hydrogens is 580 g/mol. The van der Waals surface area contributed by atoms with Crippen LogP contribution in [0.3, 0.4) is 0 Å². The number of carbonyl (C=O) groups is 3. The number of para-hydroxylation sites is 1. The molecule has 3 aromatic rings. The van der Waals surface area contributed by atoms with Gasteiger partial charge >= 0.3 is 0 Å². The van der Waals surface area contributed by atoms with Crippen molar-refractivity contribution < 1.29 is 33.0 Å². The molecule has 45 heavy (non-hydrogen) atoms. The third-order valence-corrected chi connectivity index (χ3v) is 7.12. The average Bonchev–Trinajstić information content (AvgIpc) is 3.00. The molecule has 0 saturated heterocycles. The maximum absolute atomic E-state index is 14.0. The third-order valence-electron chi connectivity index (χ3n) is 7.12. The van der Waals surface area contributed by atoms with Gasteiger partial charge in [-0.05, 0) is 86.2 Å². The fourth-order valence-corrected chi connectivity index (χ4v) is 5.02. The minimum absolute atomic E-state index is 0.0641. The largest absolute Gasteiger partial charge is 0.493 e. The van der Waals surface area contributed by atoms with E-state index in [1.807, 2.05) is 32.0 Å². The van der Waals surface area contributed by atoms with Crippen molar-refractivity contribution >= 4 is 17.7 Å². The number of rotatable bonds is 17. The Morgan fingerprint density at radius 1 is 0.911 bits per heavy atom. The molecule has 242 valence electrons. The van der Waals surface area contributed by atoms with Crippen molar-refractivity contribution in [3.63, 3.8) is 0 Å². The van der Waals surface area contributed by atoms with Gasteiger partial charge in [-0.25, -0.2) is 8.78 Å². The van der Waals surface area contributed by atoms with Crippen molar-refractivity contribution in [3.05, 3.63) is 101 Å². The van der Waals surface area contributed by atoms with Gasteiger partial charge in [0.15, 0.2) is 0 Å². The summed E-state index contributed by atoms with van der Waals surface area (Å²) < 4.78 is 33.5. The lowest BCUT2D eigenvalue weighted by molar-refractivity contribution is -0.121. The smallest absolute Gasteiger partial charge is 0.253 e. The quantitative estimate of drug-likeness (QED) is 0.191. The maximum Gasteiger partial charge on any atom is 0.253 e. The van der Waals surface area contributed by atoms with Crippen LogP contribution in [-0.4, -0.2) is 66.1 Å². The number of hydrogen-bond donors (Lipinski definition) is 3. The van der Waals surface area contributed by atoms with Gasteiger partial charge in [-0.2, -0.15) is 0 Å². The zero-order valence-electron chi connectivity index (χ0n) is 26.2. The molecule has 10 heteroatoms. The van der Waals surface area contributed by atoms with Crippen LogP contribution in [0.25, 0.3) is 0 Å². The van der Waals surface area contributed by atoms with Crippen LogP contribution < -0.4 is 15.4 Å². The number of benzene rings is 3.